The zero-order chi connectivity index (χ0) is 26.5. The number of aromatic nitrogens is 5. The number of rotatable bonds is 4. The van der Waals surface area contributed by atoms with E-state index in [1.165, 1.54) is 0 Å². The van der Waals surface area contributed by atoms with Gasteiger partial charge in [-0.05, 0) is 30.3 Å². The van der Waals surface area contributed by atoms with E-state index < -0.39 is 0 Å². The Morgan fingerprint density at radius 1 is 0.475 bits per heavy atom. The number of hydrogen-bond acceptors (Lipinski definition) is 5. The van der Waals surface area contributed by atoms with E-state index in [0.29, 0.717) is 23.5 Å². The fourth-order valence-electron chi connectivity index (χ4n) is 5.26. The topological polar surface area (TPSA) is 69.6 Å². The normalized spacial score (nSPS) is 11.5. The highest BCUT2D eigenvalue weighted by Crippen LogP contribution is 2.38. The summed E-state index contributed by atoms with van der Waals surface area (Å²) in [4.78, 5) is 19.7. The van der Waals surface area contributed by atoms with Gasteiger partial charge in [0.05, 0.1) is 16.4 Å². The van der Waals surface area contributed by atoms with Gasteiger partial charge in [0.25, 0.3) is 0 Å². The zero-order valence-corrected chi connectivity index (χ0v) is 21.3. The quantitative estimate of drug-likeness (QED) is 0.237. The highest BCUT2D eigenvalue weighted by Gasteiger charge is 2.21. The number of oxazole rings is 1. The molecule has 0 aliphatic carbocycles. The van der Waals surface area contributed by atoms with Gasteiger partial charge in [-0.1, -0.05) is 97.1 Å². The standard InChI is InChI=1S/C34H21N5O/c1-4-12-22(13-5-1)31-36-32(23-14-6-2-7-15-23)38-34(37-31)39-27-19-11-10-18-25(27)29-28(39)21-20-26-30(29)40-33(35-26)24-16-8-3-9-17-24/h1-21H. The van der Waals surface area contributed by atoms with Crippen LogP contribution in [-0.4, -0.2) is 24.5 Å². The van der Waals surface area contributed by atoms with Crippen LogP contribution in [-0.2, 0) is 0 Å². The monoisotopic (exact) mass is 515 g/mol. The largest absolute Gasteiger partial charge is 0.435 e. The van der Waals surface area contributed by atoms with E-state index in [1.807, 2.05) is 109 Å². The average molecular weight is 516 g/mol. The maximum absolute atomic E-state index is 6.43. The first kappa shape index (κ1) is 22.4. The number of benzene rings is 5. The van der Waals surface area contributed by atoms with E-state index in [-0.39, 0.29) is 0 Å². The molecule has 0 unspecified atom stereocenters. The Balaban J connectivity index is 1.43. The van der Waals surface area contributed by atoms with Crippen molar-refractivity contribution < 1.29 is 4.42 Å². The summed E-state index contributed by atoms with van der Waals surface area (Å²) in [6.45, 7) is 0. The van der Waals surface area contributed by atoms with Gasteiger partial charge in [-0.25, -0.2) is 9.97 Å². The van der Waals surface area contributed by atoms with Crippen LogP contribution in [0.3, 0.4) is 0 Å². The summed E-state index contributed by atoms with van der Waals surface area (Å²) in [5.41, 5.74) is 6.25. The fourth-order valence-corrected chi connectivity index (χ4v) is 5.26. The lowest BCUT2D eigenvalue weighted by Gasteiger charge is -2.10. The summed E-state index contributed by atoms with van der Waals surface area (Å²) in [5.74, 6) is 2.36. The van der Waals surface area contributed by atoms with E-state index in [4.69, 9.17) is 24.4 Å². The molecule has 188 valence electrons. The van der Waals surface area contributed by atoms with Crippen LogP contribution in [0.15, 0.2) is 132 Å². The Labute approximate surface area is 229 Å². The molecule has 8 aromatic rings. The van der Waals surface area contributed by atoms with Gasteiger partial charge in [-0.3, -0.25) is 4.57 Å². The predicted octanol–water partition coefficient (Wildman–Crippen LogP) is 8.11. The first-order chi connectivity index (χ1) is 19.8. The first-order valence-corrected chi connectivity index (χ1v) is 13.1. The van der Waals surface area contributed by atoms with Crippen LogP contribution in [0.25, 0.3) is 73.1 Å². The molecule has 0 fully saturated rings. The molecule has 0 saturated carbocycles. The predicted molar refractivity (Wildman–Crippen MR) is 158 cm³/mol. The van der Waals surface area contributed by atoms with Crippen molar-refractivity contribution in [2.24, 2.45) is 0 Å². The average Bonchev–Trinajstić information content (AvgIpc) is 3.62. The van der Waals surface area contributed by atoms with Gasteiger partial charge in [-0.15, -0.1) is 0 Å². The fraction of sp³-hybridized carbons (Fsp3) is 0. The zero-order valence-electron chi connectivity index (χ0n) is 21.3. The van der Waals surface area contributed by atoms with Crippen LogP contribution in [0.1, 0.15) is 0 Å². The van der Waals surface area contributed by atoms with Crippen molar-refractivity contribution in [1.82, 2.24) is 24.5 Å². The minimum atomic E-state index is 0.543. The van der Waals surface area contributed by atoms with Gasteiger partial charge >= 0.3 is 0 Å². The molecular formula is C34H21N5O. The van der Waals surface area contributed by atoms with Crippen LogP contribution in [0.4, 0.5) is 0 Å². The first-order valence-electron chi connectivity index (χ1n) is 13.1. The second-order valence-corrected chi connectivity index (χ2v) is 9.56. The Hall–Kier alpha value is -5.62. The van der Waals surface area contributed by atoms with E-state index in [1.54, 1.807) is 0 Å². The third-order valence-corrected chi connectivity index (χ3v) is 7.10. The molecule has 0 bridgehead atoms. The van der Waals surface area contributed by atoms with Gasteiger partial charge in [0, 0.05) is 22.1 Å². The molecule has 0 amide bonds. The molecule has 5 aromatic carbocycles. The summed E-state index contributed by atoms with van der Waals surface area (Å²) in [5, 5.41) is 2.02. The highest BCUT2D eigenvalue weighted by atomic mass is 16.3. The Morgan fingerprint density at radius 3 is 1.70 bits per heavy atom. The van der Waals surface area contributed by atoms with Crippen LogP contribution in [0.2, 0.25) is 0 Å². The van der Waals surface area contributed by atoms with Crippen molar-refractivity contribution >= 4 is 32.9 Å². The van der Waals surface area contributed by atoms with Crippen molar-refractivity contribution in [2.75, 3.05) is 0 Å². The molecule has 40 heavy (non-hydrogen) atoms. The second kappa shape index (κ2) is 8.99. The minimum absolute atomic E-state index is 0.543. The molecule has 8 rings (SSSR count). The molecule has 0 aliphatic heterocycles. The maximum atomic E-state index is 6.43. The summed E-state index contributed by atoms with van der Waals surface area (Å²) < 4.78 is 8.53. The molecule has 0 atom stereocenters. The molecule has 6 nitrogen and oxygen atoms in total. The summed E-state index contributed by atoms with van der Waals surface area (Å²) in [7, 11) is 0. The van der Waals surface area contributed by atoms with Crippen molar-refractivity contribution in [3.8, 4) is 40.2 Å². The SMILES string of the molecule is c1ccc(-c2nc(-c3ccccc3)nc(-n3c4ccccc4c4c5oc(-c6ccccc6)nc5ccc43)n2)cc1. The second-order valence-electron chi connectivity index (χ2n) is 9.56. The van der Waals surface area contributed by atoms with Crippen molar-refractivity contribution in [1.29, 1.82) is 0 Å². The smallest absolute Gasteiger partial charge is 0.238 e. The van der Waals surface area contributed by atoms with Crippen LogP contribution >= 0.6 is 0 Å². The van der Waals surface area contributed by atoms with E-state index in [0.717, 1.165) is 49.6 Å². The molecule has 0 radical (unpaired) electrons. The van der Waals surface area contributed by atoms with Crippen molar-refractivity contribution in [2.45, 2.75) is 0 Å². The van der Waals surface area contributed by atoms with Gasteiger partial charge in [-0.2, -0.15) is 9.97 Å². The number of hydrogen-bond donors (Lipinski definition) is 0. The molecule has 3 aromatic heterocycles. The van der Waals surface area contributed by atoms with E-state index >= 15 is 0 Å². The molecule has 6 heteroatoms. The lowest BCUT2D eigenvalue weighted by atomic mass is 10.1. The molecular weight excluding hydrogens is 494 g/mol. The molecule has 0 spiro atoms. The Bertz CT molecular complexity index is 2090. The summed E-state index contributed by atoms with van der Waals surface area (Å²) >= 11 is 0. The number of para-hydroxylation sites is 1. The number of nitrogens with zero attached hydrogens (tertiary/aromatic N) is 5. The van der Waals surface area contributed by atoms with Crippen LogP contribution in [0.5, 0.6) is 0 Å². The third kappa shape index (κ3) is 3.58. The summed E-state index contributed by atoms with van der Waals surface area (Å²) in [6.07, 6.45) is 0. The molecule has 3 heterocycles. The van der Waals surface area contributed by atoms with Gasteiger partial charge in [0.1, 0.15) is 5.52 Å². The molecule has 0 aliphatic rings. The Kier molecular flexibility index (Phi) is 5.03. The lowest BCUT2D eigenvalue weighted by molar-refractivity contribution is 0.623. The highest BCUT2D eigenvalue weighted by molar-refractivity contribution is 6.19. The van der Waals surface area contributed by atoms with Crippen LogP contribution < -0.4 is 0 Å². The molecule has 0 saturated heterocycles. The Morgan fingerprint density at radius 2 is 1.05 bits per heavy atom. The van der Waals surface area contributed by atoms with Crippen molar-refractivity contribution in [3.05, 3.63) is 127 Å². The lowest BCUT2D eigenvalue weighted by Crippen LogP contribution is -2.06. The van der Waals surface area contributed by atoms with Gasteiger partial charge < -0.3 is 4.42 Å². The van der Waals surface area contributed by atoms with Gasteiger partial charge in [0.2, 0.25) is 11.8 Å². The van der Waals surface area contributed by atoms with Crippen molar-refractivity contribution in [3.63, 3.8) is 0 Å². The van der Waals surface area contributed by atoms with Crippen LogP contribution in [0, 0.1) is 0 Å². The van der Waals surface area contributed by atoms with E-state index in [9.17, 15) is 0 Å². The molecule has 0 N–H and O–H groups in total. The van der Waals surface area contributed by atoms with E-state index in [2.05, 4.69) is 22.8 Å². The summed E-state index contributed by atoms with van der Waals surface area (Å²) in [6, 6.07) is 42.3. The third-order valence-electron chi connectivity index (χ3n) is 7.10. The van der Waals surface area contributed by atoms with Gasteiger partial charge in [0.15, 0.2) is 17.2 Å². The number of fused-ring (bicyclic) bond motifs is 5. The maximum Gasteiger partial charge on any atom is 0.238 e. The minimum Gasteiger partial charge on any atom is -0.435 e.